The average Bonchev–Trinajstić information content (AvgIpc) is 3.20. The molecule has 2 aromatic carbocycles. The summed E-state index contributed by atoms with van der Waals surface area (Å²) < 4.78 is 4.46. The first-order valence-electron chi connectivity index (χ1n) is 8.38. The first-order valence-corrected chi connectivity index (χ1v) is 13.0. The Kier molecular flexibility index (Phi) is 5.97. The third kappa shape index (κ3) is 3.86. The molecular weight excluding hydrogens is 411 g/mol. The van der Waals surface area contributed by atoms with Crippen molar-refractivity contribution in [2.45, 2.75) is 20.8 Å². The molecule has 2 aliphatic rings. The second kappa shape index (κ2) is 8.24. The van der Waals surface area contributed by atoms with Crippen molar-refractivity contribution in [1.82, 2.24) is 0 Å². The molecule has 0 aromatic heterocycles. The van der Waals surface area contributed by atoms with Gasteiger partial charge >= 0.3 is 0 Å². The van der Waals surface area contributed by atoms with Gasteiger partial charge < -0.3 is 0 Å². The fraction of sp³-hybridized carbons (Fsp3) is 0.143. The topological polar surface area (TPSA) is 0 Å². The van der Waals surface area contributed by atoms with Gasteiger partial charge in [-0.1, -0.05) is 108 Å². The van der Waals surface area contributed by atoms with E-state index < -0.39 is 7.92 Å². The normalized spacial score (nSPS) is 17.8. The zero-order valence-electron chi connectivity index (χ0n) is 14.9. The molecule has 0 N–H and O–H groups in total. The van der Waals surface area contributed by atoms with Crippen LogP contribution in [0.5, 0.6) is 0 Å². The van der Waals surface area contributed by atoms with Crippen molar-refractivity contribution in [1.29, 1.82) is 0 Å². The Bertz CT molecular complexity index is 858. The van der Waals surface area contributed by atoms with E-state index in [1.165, 1.54) is 38.4 Å². The van der Waals surface area contributed by atoms with Gasteiger partial charge in [0.05, 0.1) is 8.47 Å². The molecule has 0 spiro atoms. The summed E-state index contributed by atoms with van der Waals surface area (Å²) in [4.78, 5) is 4.34. The molecule has 4 rings (SSSR count). The van der Waals surface area contributed by atoms with Crippen LogP contribution in [0.15, 0.2) is 88.5 Å². The summed E-state index contributed by atoms with van der Waals surface area (Å²) in [5, 5.41) is 2.86. The SMILES string of the molecule is CC1=C(C)SC(=C2SC(C)=C(P(c3ccccc3)c3ccccc3)S2)S1. The molecule has 2 heterocycles. The van der Waals surface area contributed by atoms with E-state index >= 15 is 0 Å². The van der Waals surface area contributed by atoms with Gasteiger partial charge in [0.2, 0.25) is 0 Å². The van der Waals surface area contributed by atoms with Crippen LogP contribution >= 0.6 is 55.0 Å². The van der Waals surface area contributed by atoms with Crippen molar-refractivity contribution >= 4 is 65.6 Å². The van der Waals surface area contributed by atoms with Crippen LogP contribution in [0.25, 0.3) is 0 Å². The summed E-state index contributed by atoms with van der Waals surface area (Å²) in [5.41, 5.74) is 0. The molecule has 0 amide bonds. The number of hydrogen-bond donors (Lipinski definition) is 0. The summed E-state index contributed by atoms with van der Waals surface area (Å²) in [6, 6.07) is 22.0. The van der Waals surface area contributed by atoms with E-state index in [2.05, 4.69) is 81.4 Å². The predicted octanol–water partition coefficient (Wildman–Crippen LogP) is 7.65. The minimum atomic E-state index is -0.499. The number of benzene rings is 2. The van der Waals surface area contributed by atoms with Crippen molar-refractivity contribution in [2.75, 3.05) is 0 Å². The number of thioether (sulfide) groups is 4. The molecule has 0 saturated carbocycles. The minimum absolute atomic E-state index is 0.499. The lowest BCUT2D eigenvalue weighted by atomic mass is 10.4. The van der Waals surface area contributed by atoms with Gasteiger partial charge in [0.1, 0.15) is 0 Å². The predicted molar refractivity (Wildman–Crippen MR) is 128 cm³/mol. The molecule has 2 aliphatic heterocycles. The molecule has 0 unspecified atom stereocenters. The second-order valence-corrected chi connectivity index (χ2v) is 13.6. The lowest BCUT2D eigenvalue weighted by Gasteiger charge is -2.20. The summed E-state index contributed by atoms with van der Waals surface area (Å²) in [5.74, 6) is 0. The van der Waals surface area contributed by atoms with Crippen molar-refractivity contribution in [3.8, 4) is 0 Å². The lowest BCUT2D eigenvalue weighted by Crippen LogP contribution is -2.11. The van der Waals surface area contributed by atoms with Gasteiger partial charge in [0.15, 0.2) is 0 Å². The Morgan fingerprint density at radius 1 is 0.538 bits per heavy atom. The van der Waals surface area contributed by atoms with Gasteiger partial charge in [-0.25, -0.2) is 0 Å². The highest BCUT2D eigenvalue weighted by molar-refractivity contribution is 8.36. The number of rotatable bonds is 3. The van der Waals surface area contributed by atoms with Crippen LogP contribution in [0.2, 0.25) is 0 Å². The first-order chi connectivity index (χ1) is 12.6. The van der Waals surface area contributed by atoms with Crippen LogP contribution in [0.3, 0.4) is 0 Å². The van der Waals surface area contributed by atoms with E-state index in [-0.39, 0.29) is 0 Å². The lowest BCUT2D eigenvalue weighted by molar-refractivity contribution is 1.57. The molecular formula is C21H19PS4. The minimum Gasteiger partial charge on any atom is -0.0849 e. The number of hydrogen-bond acceptors (Lipinski definition) is 4. The molecule has 0 atom stereocenters. The molecule has 0 nitrogen and oxygen atoms in total. The fourth-order valence-corrected chi connectivity index (χ4v) is 11.7. The molecule has 132 valence electrons. The van der Waals surface area contributed by atoms with Gasteiger partial charge in [0, 0.05) is 9.55 Å². The molecule has 0 bridgehead atoms. The Morgan fingerprint density at radius 2 is 0.962 bits per heavy atom. The molecule has 5 heteroatoms. The highest BCUT2D eigenvalue weighted by Gasteiger charge is 2.31. The zero-order valence-corrected chi connectivity index (χ0v) is 19.0. The molecule has 0 fully saturated rings. The Labute approximate surface area is 174 Å². The van der Waals surface area contributed by atoms with Gasteiger partial charge in [-0.2, -0.15) is 0 Å². The second-order valence-electron chi connectivity index (χ2n) is 5.96. The van der Waals surface area contributed by atoms with E-state index in [9.17, 15) is 0 Å². The monoisotopic (exact) mass is 430 g/mol. The molecule has 26 heavy (non-hydrogen) atoms. The smallest absolute Gasteiger partial charge is 0.0703 e. The van der Waals surface area contributed by atoms with Gasteiger partial charge in [0.25, 0.3) is 0 Å². The first kappa shape index (κ1) is 18.8. The van der Waals surface area contributed by atoms with Crippen LogP contribution < -0.4 is 10.6 Å². The molecule has 0 aliphatic carbocycles. The van der Waals surface area contributed by atoms with Crippen molar-refractivity contribution in [3.63, 3.8) is 0 Å². The van der Waals surface area contributed by atoms with E-state index in [0.29, 0.717) is 0 Å². The van der Waals surface area contributed by atoms with E-state index in [0.717, 1.165) is 0 Å². The van der Waals surface area contributed by atoms with Crippen molar-refractivity contribution < 1.29 is 0 Å². The quantitative estimate of drug-likeness (QED) is 0.458. The van der Waals surface area contributed by atoms with Crippen molar-refractivity contribution in [2.24, 2.45) is 0 Å². The Hall–Kier alpha value is -0.510. The largest absolute Gasteiger partial charge is 0.0849 e. The highest BCUT2D eigenvalue weighted by Crippen LogP contribution is 2.66. The summed E-state index contributed by atoms with van der Waals surface area (Å²) in [6.45, 7) is 6.75. The van der Waals surface area contributed by atoms with Crippen LogP contribution in [0.4, 0.5) is 0 Å². The van der Waals surface area contributed by atoms with Gasteiger partial charge in [-0.15, -0.1) is 0 Å². The molecule has 0 radical (unpaired) electrons. The fourth-order valence-electron chi connectivity index (χ4n) is 2.71. The average molecular weight is 431 g/mol. The molecule has 2 aromatic rings. The van der Waals surface area contributed by atoms with Crippen LogP contribution in [-0.2, 0) is 0 Å². The third-order valence-electron chi connectivity index (χ3n) is 4.12. The maximum Gasteiger partial charge on any atom is 0.0703 e. The van der Waals surface area contributed by atoms with Crippen LogP contribution in [-0.4, -0.2) is 0 Å². The van der Waals surface area contributed by atoms with E-state index in [1.54, 1.807) is 0 Å². The van der Waals surface area contributed by atoms with Crippen LogP contribution in [0.1, 0.15) is 20.8 Å². The molecule has 0 saturated heterocycles. The van der Waals surface area contributed by atoms with E-state index in [1.807, 2.05) is 47.0 Å². The maximum atomic E-state index is 2.29. The van der Waals surface area contributed by atoms with Gasteiger partial charge in [-0.05, 0) is 49.1 Å². The Balaban J connectivity index is 1.71. The van der Waals surface area contributed by atoms with Gasteiger partial charge in [-0.3, -0.25) is 0 Å². The van der Waals surface area contributed by atoms with Crippen molar-refractivity contribution in [3.05, 3.63) is 88.5 Å². The van der Waals surface area contributed by atoms with Crippen LogP contribution in [0, 0.1) is 0 Å². The summed E-state index contributed by atoms with van der Waals surface area (Å²) >= 11 is 7.84. The summed E-state index contributed by atoms with van der Waals surface area (Å²) in [7, 11) is -0.499. The van der Waals surface area contributed by atoms with E-state index in [4.69, 9.17) is 0 Å². The number of allylic oxidation sites excluding steroid dienone is 3. The standard InChI is InChI=1S/C21H19PS4/c1-14-15(2)24-20(23-14)21-25-16(3)19(26-21)22(17-10-6-4-7-11-17)18-12-8-5-9-13-18/h4-13H,1-3H3. The zero-order chi connectivity index (χ0) is 18.1. The third-order valence-corrected chi connectivity index (χ3v) is 13.0. The summed E-state index contributed by atoms with van der Waals surface area (Å²) in [6.07, 6.45) is 0. The Morgan fingerprint density at radius 3 is 1.46 bits per heavy atom. The highest BCUT2D eigenvalue weighted by atomic mass is 32.2. The maximum absolute atomic E-state index is 2.29.